The van der Waals surface area contributed by atoms with Gasteiger partial charge in [0.1, 0.15) is 5.75 Å². The fraction of sp³-hybridized carbons (Fsp3) is 0.217. The Morgan fingerprint density at radius 3 is 1.41 bits per heavy atom. The molecule has 0 heterocycles. The van der Waals surface area contributed by atoms with Crippen LogP contribution in [0.15, 0.2) is 84.9 Å². The normalized spacial score (nSPS) is 9.21. The third kappa shape index (κ3) is 10.8. The number of anilines is 2. The van der Waals surface area contributed by atoms with Gasteiger partial charge in [0.25, 0.3) is 0 Å². The van der Waals surface area contributed by atoms with Crippen LogP contribution in [0.3, 0.4) is 0 Å². The standard InChI is InChI=1S/2C8H11N.C7H9BO3/c2*1-9(2)8-6-4-3-5-7-8;1-6-3-2-4-7(5-6)11-8(9)10/h2*3-7H,1-2H3;2-5,9-10H,1H3. The first-order valence-corrected chi connectivity index (χ1v) is 9.34. The highest BCUT2D eigenvalue weighted by Gasteiger charge is 2.10. The van der Waals surface area contributed by atoms with Gasteiger partial charge in [0.15, 0.2) is 0 Å². The number of hydrogen-bond acceptors (Lipinski definition) is 5. The third-order valence-corrected chi connectivity index (χ3v) is 3.78. The molecule has 2 N–H and O–H groups in total. The highest BCUT2D eigenvalue weighted by atomic mass is 16.6. The Bertz CT molecular complexity index is 754. The number of nitrogens with zero attached hydrogens (tertiary/aromatic N) is 2. The Kier molecular flexibility index (Phi) is 11.0. The lowest BCUT2D eigenvalue weighted by atomic mass is 10.2. The van der Waals surface area contributed by atoms with E-state index >= 15 is 0 Å². The van der Waals surface area contributed by atoms with Gasteiger partial charge in [-0.3, -0.25) is 0 Å². The maximum atomic E-state index is 8.43. The average Bonchev–Trinajstić information content (AvgIpc) is 2.70. The molecule has 0 aromatic heterocycles. The highest BCUT2D eigenvalue weighted by Crippen LogP contribution is 2.12. The zero-order valence-electron chi connectivity index (χ0n) is 17.9. The maximum absolute atomic E-state index is 8.43. The highest BCUT2D eigenvalue weighted by molar-refractivity contribution is 6.33. The van der Waals surface area contributed by atoms with Gasteiger partial charge in [0, 0.05) is 39.6 Å². The van der Waals surface area contributed by atoms with Gasteiger partial charge < -0.3 is 24.5 Å². The van der Waals surface area contributed by atoms with Crippen LogP contribution in [0.1, 0.15) is 5.56 Å². The van der Waals surface area contributed by atoms with Gasteiger partial charge in [0.05, 0.1) is 0 Å². The van der Waals surface area contributed by atoms with E-state index in [9.17, 15) is 0 Å². The van der Waals surface area contributed by atoms with Crippen LogP contribution in [-0.4, -0.2) is 45.6 Å². The lowest BCUT2D eigenvalue weighted by Crippen LogP contribution is -2.20. The van der Waals surface area contributed by atoms with E-state index in [0.717, 1.165) is 5.56 Å². The van der Waals surface area contributed by atoms with Crippen LogP contribution in [-0.2, 0) is 0 Å². The second-order valence-electron chi connectivity index (χ2n) is 6.72. The molecule has 0 amide bonds. The number of benzene rings is 3. The van der Waals surface area contributed by atoms with Crippen molar-refractivity contribution in [1.82, 2.24) is 0 Å². The van der Waals surface area contributed by atoms with Gasteiger partial charge >= 0.3 is 7.32 Å². The molecule has 3 rings (SSSR count). The van der Waals surface area contributed by atoms with E-state index in [4.69, 9.17) is 10.0 Å². The molecular formula is C23H31BN2O3. The molecule has 5 nitrogen and oxygen atoms in total. The molecule has 3 aromatic carbocycles. The van der Waals surface area contributed by atoms with Crippen molar-refractivity contribution in [2.75, 3.05) is 38.0 Å². The van der Waals surface area contributed by atoms with Gasteiger partial charge in [-0.05, 0) is 48.9 Å². The lowest BCUT2D eigenvalue weighted by molar-refractivity contribution is 0.288. The molecule has 0 saturated heterocycles. The van der Waals surface area contributed by atoms with Crippen molar-refractivity contribution in [3.05, 3.63) is 90.5 Å². The second-order valence-corrected chi connectivity index (χ2v) is 6.72. The minimum Gasteiger partial charge on any atom is -0.512 e. The molecule has 3 aromatic rings. The SMILES string of the molecule is CN(C)c1ccccc1.CN(C)c1ccccc1.Cc1cccc(OB(O)O)c1. The topological polar surface area (TPSA) is 56.2 Å². The first-order valence-electron chi connectivity index (χ1n) is 9.34. The Labute approximate surface area is 175 Å². The van der Waals surface area contributed by atoms with Gasteiger partial charge in [-0.25, -0.2) is 0 Å². The van der Waals surface area contributed by atoms with Crippen molar-refractivity contribution in [3.8, 4) is 5.75 Å². The molecule has 154 valence electrons. The summed E-state index contributed by atoms with van der Waals surface area (Å²) in [5, 5.41) is 16.9. The molecule has 0 atom stereocenters. The molecule has 0 spiro atoms. The van der Waals surface area contributed by atoms with Crippen LogP contribution >= 0.6 is 0 Å². The summed E-state index contributed by atoms with van der Waals surface area (Å²) >= 11 is 0. The molecule has 0 saturated carbocycles. The summed E-state index contributed by atoms with van der Waals surface area (Å²) in [4.78, 5) is 4.17. The van der Waals surface area contributed by atoms with Gasteiger partial charge in [-0.2, -0.15) is 0 Å². The van der Waals surface area contributed by atoms with E-state index in [0.29, 0.717) is 5.75 Å². The van der Waals surface area contributed by atoms with E-state index < -0.39 is 7.32 Å². The predicted octanol–water partition coefficient (Wildman–Crippen LogP) is 3.85. The summed E-state index contributed by atoms with van der Waals surface area (Å²) in [6.07, 6.45) is 0. The number of hydrogen-bond donors (Lipinski definition) is 2. The van der Waals surface area contributed by atoms with E-state index in [-0.39, 0.29) is 0 Å². The van der Waals surface area contributed by atoms with Gasteiger partial charge in [0.2, 0.25) is 0 Å². The minimum absolute atomic E-state index is 0.458. The fourth-order valence-electron chi connectivity index (χ4n) is 2.26. The molecule has 0 bridgehead atoms. The van der Waals surface area contributed by atoms with Crippen LogP contribution in [0.4, 0.5) is 11.4 Å². The van der Waals surface area contributed by atoms with Crippen LogP contribution in [0.25, 0.3) is 0 Å². The first-order chi connectivity index (χ1) is 13.8. The average molecular weight is 394 g/mol. The minimum atomic E-state index is -1.74. The summed E-state index contributed by atoms with van der Waals surface area (Å²) in [6.45, 7) is 1.90. The Morgan fingerprint density at radius 1 is 0.655 bits per heavy atom. The van der Waals surface area contributed by atoms with Crippen molar-refractivity contribution in [1.29, 1.82) is 0 Å². The van der Waals surface area contributed by atoms with Crippen LogP contribution < -0.4 is 14.5 Å². The maximum Gasteiger partial charge on any atom is 0.707 e. The molecule has 0 aliphatic heterocycles. The van der Waals surface area contributed by atoms with E-state index in [1.165, 1.54) is 11.4 Å². The fourth-order valence-corrected chi connectivity index (χ4v) is 2.26. The van der Waals surface area contributed by atoms with Crippen LogP contribution in [0.2, 0.25) is 0 Å². The summed E-state index contributed by atoms with van der Waals surface area (Å²) in [5.74, 6) is 0.458. The smallest absolute Gasteiger partial charge is 0.512 e. The Morgan fingerprint density at radius 2 is 1.10 bits per heavy atom. The zero-order chi connectivity index (χ0) is 21.6. The molecule has 0 radical (unpaired) electrons. The molecule has 29 heavy (non-hydrogen) atoms. The van der Waals surface area contributed by atoms with Crippen molar-refractivity contribution >= 4 is 18.7 Å². The predicted molar refractivity (Wildman–Crippen MR) is 124 cm³/mol. The van der Waals surface area contributed by atoms with Gasteiger partial charge in [-0.1, -0.05) is 48.5 Å². The van der Waals surface area contributed by atoms with Crippen molar-refractivity contribution in [2.45, 2.75) is 6.92 Å². The zero-order valence-corrected chi connectivity index (χ0v) is 17.9. The monoisotopic (exact) mass is 394 g/mol. The molecule has 0 aliphatic rings. The lowest BCUT2D eigenvalue weighted by Gasteiger charge is -2.10. The van der Waals surface area contributed by atoms with Gasteiger partial charge in [-0.15, -0.1) is 0 Å². The van der Waals surface area contributed by atoms with Crippen molar-refractivity contribution < 1.29 is 14.7 Å². The molecular weight excluding hydrogens is 363 g/mol. The Balaban J connectivity index is 0.000000219. The summed E-state index contributed by atoms with van der Waals surface area (Å²) in [6, 6.07) is 27.6. The number of aryl methyl sites for hydroxylation is 1. The van der Waals surface area contributed by atoms with Crippen molar-refractivity contribution in [3.63, 3.8) is 0 Å². The van der Waals surface area contributed by atoms with Crippen molar-refractivity contribution in [2.24, 2.45) is 0 Å². The van der Waals surface area contributed by atoms with Crippen LogP contribution in [0, 0.1) is 6.92 Å². The third-order valence-electron chi connectivity index (χ3n) is 3.78. The summed E-state index contributed by atoms with van der Waals surface area (Å²) in [5.41, 5.74) is 3.51. The molecule has 6 heteroatoms. The summed E-state index contributed by atoms with van der Waals surface area (Å²) in [7, 11) is 6.41. The summed E-state index contributed by atoms with van der Waals surface area (Å²) < 4.78 is 4.61. The largest absolute Gasteiger partial charge is 0.707 e. The quantitative estimate of drug-likeness (QED) is 0.659. The number of rotatable bonds is 4. The second kappa shape index (κ2) is 13.3. The number of para-hydroxylation sites is 2. The first kappa shape index (κ1) is 24.1. The molecule has 0 aliphatic carbocycles. The molecule has 0 fully saturated rings. The van der Waals surface area contributed by atoms with Crippen LogP contribution in [0.5, 0.6) is 5.75 Å². The van der Waals surface area contributed by atoms with E-state index in [1.807, 2.05) is 77.6 Å². The van der Waals surface area contributed by atoms with E-state index in [2.05, 4.69) is 38.7 Å². The van der Waals surface area contributed by atoms with E-state index in [1.54, 1.807) is 18.2 Å². The molecule has 0 unspecified atom stereocenters. The Hall–Kier alpha value is -2.96.